The van der Waals surface area contributed by atoms with E-state index in [4.69, 9.17) is 0 Å². The molecule has 0 spiro atoms. The monoisotopic (exact) mass is 375 g/mol. The molecule has 0 aliphatic carbocycles. The Morgan fingerprint density at radius 1 is 1.10 bits per heavy atom. The first-order valence-corrected chi connectivity index (χ1v) is 8.78. The minimum atomic E-state index is -3.12. The van der Waals surface area contributed by atoms with Crippen molar-refractivity contribution in [2.75, 3.05) is 11.6 Å². The number of hydrogen-bond donors (Lipinski definition) is 1. The van der Waals surface area contributed by atoms with Crippen molar-refractivity contribution >= 4 is 37.1 Å². The third kappa shape index (κ3) is 4.50. The van der Waals surface area contributed by atoms with Gasteiger partial charge in [0.15, 0.2) is 9.84 Å². The number of nitrogens with one attached hydrogen (secondary N) is 1. The highest BCUT2D eigenvalue weighted by atomic mass is 79.9. The van der Waals surface area contributed by atoms with Crippen molar-refractivity contribution in [3.63, 3.8) is 0 Å². The van der Waals surface area contributed by atoms with E-state index in [1.54, 1.807) is 18.2 Å². The Morgan fingerprint density at radius 2 is 1.76 bits per heavy atom. The standard InChI is InChI=1S/C14H12BrF2NO2S/c1-21(19,20)8-9-2-4-13(11(15)6-9)18-14-5-3-10(16)7-12(14)17/h2-7,18H,8H2,1H3. The fourth-order valence-corrected chi connectivity index (χ4v) is 3.10. The van der Waals surface area contributed by atoms with Crippen molar-refractivity contribution in [1.29, 1.82) is 0 Å². The summed E-state index contributed by atoms with van der Waals surface area (Å²) in [5, 5.41) is 2.82. The average Bonchev–Trinajstić information content (AvgIpc) is 2.33. The molecule has 0 aliphatic rings. The lowest BCUT2D eigenvalue weighted by Crippen LogP contribution is -2.01. The van der Waals surface area contributed by atoms with Gasteiger partial charge in [0.25, 0.3) is 0 Å². The molecule has 3 nitrogen and oxygen atoms in total. The van der Waals surface area contributed by atoms with E-state index in [0.717, 1.165) is 18.4 Å². The predicted octanol–water partition coefficient (Wildman–Crippen LogP) is 4.02. The van der Waals surface area contributed by atoms with E-state index in [0.29, 0.717) is 15.7 Å². The molecule has 0 saturated heterocycles. The zero-order chi connectivity index (χ0) is 15.6. The molecule has 0 aliphatic heterocycles. The van der Waals surface area contributed by atoms with Crippen LogP contribution in [0.25, 0.3) is 0 Å². The van der Waals surface area contributed by atoms with E-state index in [1.807, 2.05) is 0 Å². The molecule has 0 fully saturated rings. The minimum absolute atomic E-state index is 0.0726. The smallest absolute Gasteiger partial charge is 0.151 e. The summed E-state index contributed by atoms with van der Waals surface area (Å²) >= 11 is 3.30. The van der Waals surface area contributed by atoms with Crippen molar-refractivity contribution in [3.8, 4) is 0 Å². The van der Waals surface area contributed by atoms with E-state index in [2.05, 4.69) is 21.2 Å². The van der Waals surface area contributed by atoms with Crippen LogP contribution in [0.4, 0.5) is 20.2 Å². The number of hydrogen-bond acceptors (Lipinski definition) is 3. The van der Waals surface area contributed by atoms with Gasteiger partial charge in [-0.3, -0.25) is 0 Å². The van der Waals surface area contributed by atoms with Gasteiger partial charge < -0.3 is 5.32 Å². The van der Waals surface area contributed by atoms with Crippen LogP contribution in [0.5, 0.6) is 0 Å². The number of halogens is 3. The maximum Gasteiger partial charge on any atom is 0.151 e. The molecule has 2 aromatic carbocycles. The van der Waals surface area contributed by atoms with Crippen molar-refractivity contribution in [2.24, 2.45) is 0 Å². The second-order valence-corrected chi connectivity index (χ2v) is 7.63. The van der Waals surface area contributed by atoms with Crippen LogP contribution in [0.3, 0.4) is 0 Å². The lowest BCUT2D eigenvalue weighted by atomic mass is 10.2. The third-order valence-corrected chi connectivity index (χ3v) is 4.18. The quantitative estimate of drug-likeness (QED) is 0.877. The first-order chi connectivity index (χ1) is 9.74. The highest BCUT2D eigenvalue weighted by Crippen LogP contribution is 2.28. The number of benzene rings is 2. The second-order valence-electron chi connectivity index (χ2n) is 4.63. The van der Waals surface area contributed by atoms with Gasteiger partial charge >= 0.3 is 0 Å². The number of anilines is 2. The van der Waals surface area contributed by atoms with Gasteiger partial charge in [-0.2, -0.15) is 0 Å². The summed E-state index contributed by atoms with van der Waals surface area (Å²) < 4.78 is 49.5. The molecule has 0 aromatic heterocycles. The van der Waals surface area contributed by atoms with E-state index in [-0.39, 0.29) is 11.4 Å². The minimum Gasteiger partial charge on any atom is -0.352 e. The van der Waals surface area contributed by atoms with Crippen LogP contribution in [0.2, 0.25) is 0 Å². The molecule has 2 aromatic rings. The first kappa shape index (κ1) is 15.9. The van der Waals surface area contributed by atoms with Gasteiger partial charge in [0, 0.05) is 16.8 Å². The summed E-state index contributed by atoms with van der Waals surface area (Å²) in [5.41, 5.74) is 1.31. The van der Waals surface area contributed by atoms with Crippen LogP contribution in [-0.2, 0) is 15.6 Å². The van der Waals surface area contributed by atoms with Gasteiger partial charge in [0.05, 0.1) is 17.1 Å². The Hall–Kier alpha value is -1.47. The third-order valence-electron chi connectivity index (χ3n) is 2.66. The molecule has 112 valence electrons. The van der Waals surface area contributed by atoms with Crippen molar-refractivity contribution in [1.82, 2.24) is 0 Å². The molecule has 7 heteroatoms. The van der Waals surface area contributed by atoms with E-state index < -0.39 is 21.5 Å². The van der Waals surface area contributed by atoms with Crippen LogP contribution >= 0.6 is 15.9 Å². The van der Waals surface area contributed by atoms with Gasteiger partial charge in [-0.1, -0.05) is 6.07 Å². The van der Waals surface area contributed by atoms with Gasteiger partial charge in [-0.05, 0) is 45.8 Å². The first-order valence-electron chi connectivity index (χ1n) is 5.93. The Bertz CT molecular complexity index is 779. The van der Waals surface area contributed by atoms with Crippen LogP contribution in [0, 0.1) is 11.6 Å². The second kappa shape index (κ2) is 6.11. The molecule has 0 radical (unpaired) electrons. The van der Waals surface area contributed by atoms with E-state index in [1.165, 1.54) is 6.07 Å². The summed E-state index contributed by atoms with van der Waals surface area (Å²) in [7, 11) is -3.12. The topological polar surface area (TPSA) is 46.2 Å². The molecule has 0 unspecified atom stereocenters. The summed E-state index contributed by atoms with van der Waals surface area (Å²) in [5.74, 6) is -1.43. The van der Waals surface area contributed by atoms with Gasteiger partial charge in [-0.25, -0.2) is 17.2 Å². The molecular weight excluding hydrogens is 364 g/mol. The van der Waals surface area contributed by atoms with Crippen LogP contribution in [-0.4, -0.2) is 14.7 Å². The average molecular weight is 376 g/mol. The number of sulfone groups is 1. The molecule has 0 amide bonds. The largest absolute Gasteiger partial charge is 0.352 e. The molecule has 0 saturated carbocycles. The highest BCUT2D eigenvalue weighted by molar-refractivity contribution is 9.10. The number of rotatable bonds is 4. The van der Waals surface area contributed by atoms with Crippen molar-refractivity contribution in [3.05, 3.63) is 58.1 Å². The van der Waals surface area contributed by atoms with Gasteiger partial charge in [0.1, 0.15) is 11.6 Å². The molecule has 2 rings (SSSR count). The highest BCUT2D eigenvalue weighted by Gasteiger charge is 2.09. The summed E-state index contributed by atoms with van der Waals surface area (Å²) in [6.45, 7) is 0. The van der Waals surface area contributed by atoms with E-state index >= 15 is 0 Å². The van der Waals surface area contributed by atoms with E-state index in [9.17, 15) is 17.2 Å². The lowest BCUT2D eigenvalue weighted by Gasteiger charge is -2.11. The maximum absolute atomic E-state index is 13.6. The fourth-order valence-electron chi connectivity index (χ4n) is 1.79. The fraction of sp³-hybridized carbons (Fsp3) is 0.143. The Kier molecular flexibility index (Phi) is 4.63. The zero-order valence-corrected chi connectivity index (χ0v) is 13.4. The molecule has 0 heterocycles. The lowest BCUT2D eigenvalue weighted by molar-refractivity contribution is 0.586. The van der Waals surface area contributed by atoms with Gasteiger partial charge in [-0.15, -0.1) is 0 Å². The Labute approximate surface area is 130 Å². The molecule has 0 bridgehead atoms. The molecule has 21 heavy (non-hydrogen) atoms. The molecule has 1 N–H and O–H groups in total. The normalized spacial score (nSPS) is 11.4. The predicted molar refractivity (Wildman–Crippen MR) is 82.3 cm³/mol. The summed E-state index contributed by atoms with van der Waals surface area (Å²) in [4.78, 5) is 0. The van der Waals surface area contributed by atoms with Crippen LogP contribution in [0.15, 0.2) is 40.9 Å². The SMILES string of the molecule is CS(=O)(=O)Cc1ccc(Nc2ccc(F)cc2F)c(Br)c1. The zero-order valence-electron chi connectivity index (χ0n) is 11.0. The molecular formula is C14H12BrF2NO2S. The van der Waals surface area contributed by atoms with Gasteiger partial charge in [0.2, 0.25) is 0 Å². The Morgan fingerprint density at radius 3 is 2.33 bits per heavy atom. The maximum atomic E-state index is 13.6. The summed E-state index contributed by atoms with van der Waals surface area (Å²) in [6.07, 6.45) is 1.15. The Balaban J connectivity index is 2.25. The van der Waals surface area contributed by atoms with Crippen molar-refractivity contribution < 1.29 is 17.2 Å². The molecule has 0 atom stereocenters. The van der Waals surface area contributed by atoms with Crippen LogP contribution in [0.1, 0.15) is 5.56 Å². The summed E-state index contributed by atoms with van der Waals surface area (Å²) in [6, 6.07) is 8.14. The van der Waals surface area contributed by atoms with Crippen molar-refractivity contribution in [2.45, 2.75) is 5.75 Å². The van der Waals surface area contributed by atoms with Crippen LogP contribution < -0.4 is 5.32 Å².